The van der Waals surface area contributed by atoms with Crippen molar-refractivity contribution >= 4 is 91.0 Å². The molecule has 3 heterocycles. The standard InChI is InChI=1S/C53H80N13O16PS/c54-36(30-84-41-25-44(70)66(52(41)79)27-32-15-17-33(18-16-32)46(73)57-19-7-2-5-14-43(69)65-28-35(82-83(80)81)23-34(65)29-67)47(74)58-20-8-6-12-38-49(76)62-37(13-9-21-59-53(55)56)48(75)60-26-42(68)61-40(24-45(71)72)51(78)64-39(50(77)63-38)22-31-10-3-1-4-11-31/h1,3-4,10-11,32-41,67H,2,5-9,12-30,54H2,(H12-,55,56,57,58,59,60,61,62,63,64,68,71,72,73,74,75,76,77,78,80,81)/p+1/t32?,33?,34-,35+,36-,37-,38-,39+,40-,41?/m0/s1. The van der Waals surface area contributed by atoms with Gasteiger partial charge in [-0.25, -0.2) is 0 Å². The number of rotatable bonds is 29. The highest BCUT2D eigenvalue weighted by atomic mass is 32.2. The Hall–Kier alpha value is -6.85. The van der Waals surface area contributed by atoms with Crippen molar-refractivity contribution in [2.75, 3.05) is 51.6 Å². The van der Waals surface area contributed by atoms with E-state index in [0.29, 0.717) is 57.1 Å². The number of carboxylic acids is 1. The Morgan fingerprint density at radius 3 is 2.13 bits per heavy atom. The molecule has 4 aliphatic rings. The number of aliphatic imine (C=N–C) groups is 1. The number of amides is 10. The third-order valence-corrected chi connectivity index (χ3v) is 16.8. The van der Waals surface area contributed by atoms with Crippen molar-refractivity contribution < 1.29 is 76.9 Å². The minimum Gasteiger partial charge on any atom is -0.481 e. The number of imide groups is 1. The second-order valence-electron chi connectivity index (χ2n) is 21.4. The summed E-state index contributed by atoms with van der Waals surface area (Å²) in [7, 11) is -2.81. The fourth-order valence-corrected chi connectivity index (χ4v) is 12.0. The number of aliphatic carboxylic acids is 1. The number of nitrogens with two attached hydrogens (primary N) is 3. The average molecular weight is 1220 g/mol. The van der Waals surface area contributed by atoms with E-state index in [-0.39, 0.29) is 138 Å². The molecule has 0 aromatic heterocycles. The molecule has 1 aromatic rings. The quantitative estimate of drug-likeness (QED) is 0.0129. The van der Waals surface area contributed by atoms with Crippen LogP contribution in [0.5, 0.6) is 0 Å². The molecule has 1 saturated carbocycles. The molecule has 0 spiro atoms. The maximum atomic E-state index is 14.1. The van der Waals surface area contributed by atoms with E-state index in [1.807, 2.05) is 0 Å². The second kappa shape index (κ2) is 34.8. The summed E-state index contributed by atoms with van der Waals surface area (Å²) in [4.78, 5) is 161. The number of nitrogens with one attached hydrogen (secondary N) is 7. The number of hydrogen-bond acceptors (Lipinski definition) is 17. The predicted molar refractivity (Wildman–Crippen MR) is 304 cm³/mol. The first-order chi connectivity index (χ1) is 40.1. The highest BCUT2D eigenvalue weighted by Crippen LogP contribution is 2.33. The molecule has 1 aromatic carbocycles. The van der Waals surface area contributed by atoms with Crippen LogP contribution in [0.25, 0.3) is 0 Å². The Morgan fingerprint density at radius 1 is 0.810 bits per heavy atom. The minimum absolute atomic E-state index is 0.0130. The van der Waals surface area contributed by atoms with Crippen LogP contribution in [-0.4, -0.2) is 195 Å². The molecule has 31 heteroatoms. The second-order valence-corrected chi connectivity index (χ2v) is 23.3. The monoisotopic (exact) mass is 1220 g/mol. The van der Waals surface area contributed by atoms with Gasteiger partial charge in [-0.3, -0.25) is 62.6 Å². The summed E-state index contributed by atoms with van der Waals surface area (Å²) in [6, 6.07) is 1.41. The van der Waals surface area contributed by atoms with Gasteiger partial charge in [0.2, 0.25) is 59.1 Å². The topological polar surface area (TPSA) is 456 Å². The van der Waals surface area contributed by atoms with E-state index in [1.165, 1.54) is 9.80 Å². The van der Waals surface area contributed by atoms with E-state index >= 15 is 0 Å². The first kappa shape index (κ1) is 67.9. The van der Waals surface area contributed by atoms with Crippen molar-refractivity contribution in [3.63, 3.8) is 0 Å². The highest BCUT2D eigenvalue weighted by Gasteiger charge is 2.42. The lowest BCUT2D eigenvalue weighted by molar-refractivity contribution is -0.141. The number of aliphatic hydroxyl groups excluding tert-OH is 1. The molecule has 3 saturated heterocycles. The molecule has 2 unspecified atom stereocenters. The van der Waals surface area contributed by atoms with Gasteiger partial charge in [-0.15, -0.1) is 21.2 Å². The number of likely N-dealkylation sites (tertiary alicyclic amines) is 2. The fourth-order valence-electron chi connectivity index (χ4n) is 10.4. The van der Waals surface area contributed by atoms with Crippen LogP contribution in [0.3, 0.4) is 0 Å². The van der Waals surface area contributed by atoms with Gasteiger partial charge < -0.3 is 69.5 Å². The van der Waals surface area contributed by atoms with Crippen LogP contribution in [0.15, 0.2) is 35.3 Å². The smallest absolute Gasteiger partial charge is 0.481 e. The number of unbranched alkanes of at least 4 members (excludes halogenated alkanes) is 3. The van der Waals surface area contributed by atoms with Crippen LogP contribution in [0.1, 0.15) is 108 Å². The number of carboxylic acid groups (broad SMARTS) is 1. The predicted octanol–water partition coefficient (Wildman–Crippen LogP) is -2.59. The number of thioether (sulfide) groups is 1. The Labute approximate surface area is 491 Å². The van der Waals surface area contributed by atoms with Gasteiger partial charge in [-0.2, -0.15) is 0 Å². The van der Waals surface area contributed by atoms with Crippen LogP contribution in [0.4, 0.5) is 0 Å². The summed E-state index contributed by atoms with van der Waals surface area (Å²) in [5.41, 5.74) is 17.7. The first-order valence-corrected chi connectivity index (χ1v) is 30.6. The lowest BCUT2D eigenvalue weighted by atomic mass is 9.81. The first-order valence-electron chi connectivity index (χ1n) is 28.4. The van der Waals surface area contributed by atoms with E-state index in [1.54, 1.807) is 30.3 Å². The minimum atomic E-state index is -2.81. The Bertz CT molecular complexity index is 2520. The number of aliphatic hydroxyl groups is 1. The van der Waals surface area contributed by atoms with Gasteiger partial charge in [0, 0.05) is 68.1 Å². The molecular formula is C53H81N13O16PS+. The van der Waals surface area contributed by atoms with Crippen molar-refractivity contribution in [2.24, 2.45) is 34.0 Å². The lowest BCUT2D eigenvalue weighted by Crippen LogP contribution is -2.58. The Kier molecular flexibility index (Phi) is 28.2. The molecule has 9 atom stereocenters. The van der Waals surface area contributed by atoms with Crippen LogP contribution < -0.4 is 54.4 Å². The molecule has 0 bridgehead atoms. The summed E-state index contributed by atoms with van der Waals surface area (Å²) < 4.78 is 16.0. The molecule has 29 nitrogen and oxygen atoms in total. The van der Waals surface area contributed by atoms with Gasteiger partial charge in [0.05, 0.1) is 43.5 Å². The number of carbonyl (C=O) groups is 11. The van der Waals surface area contributed by atoms with Crippen LogP contribution in [0, 0.1) is 11.8 Å². The van der Waals surface area contributed by atoms with Crippen LogP contribution in [-0.2, 0) is 68.2 Å². The third-order valence-electron chi connectivity index (χ3n) is 15.0. The van der Waals surface area contributed by atoms with E-state index < -0.39 is 110 Å². The summed E-state index contributed by atoms with van der Waals surface area (Å²) >= 11 is 1.11. The molecule has 4 fully saturated rings. The average Bonchev–Trinajstić information content (AvgIpc) is 4.11. The summed E-state index contributed by atoms with van der Waals surface area (Å²) in [6.45, 7) is 0.00771. The van der Waals surface area contributed by atoms with Gasteiger partial charge >= 0.3 is 14.2 Å². The summed E-state index contributed by atoms with van der Waals surface area (Å²) in [5, 5.41) is 36.7. The maximum Gasteiger partial charge on any atom is 0.695 e. The molecule has 1 aliphatic carbocycles. The Morgan fingerprint density at radius 2 is 1.45 bits per heavy atom. The number of guanidine groups is 1. The molecular weight excluding hydrogens is 1140 g/mol. The van der Waals surface area contributed by atoms with Crippen LogP contribution in [0.2, 0.25) is 0 Å². The zero-order valence-electron chi connectivity index (χ0n) is 46.9. The molecule has 10 amide bonds. The van der Waals surface area contributed by atoms with Gasteiger partial charge in [0.1, 0.15) is 30.3 Å². The van der Waals surface area contributed by atoms with Gasteiger partial charge in [0.15, 0.2) is 5.96 Å². The van der Waals surface area contributed by atoms with Crippen molar-refractivity contribution in [2.45, 2.75) is 157 Å². The third kappa shape index (κ3) is 22.6. The van der Waals surface area contributed by atoms with Gasteiger partial charge in [-0.1, -0.05) is 36.8 Å². The van der Waals surface area contributed by atoms with E-state index in [9.17, 15) is 67.5 Å². The zero-order valence-corrected chi connectivity index (χ0v) is 48.6. The lowest BCUT2D eigenvalue weighted by Gasteiger charge is -2.30. The normalized spacial score (nSPS) is 25.0. The molecule has 84 heavy (non-hydrogen) atoms. The van der Waals surface area contributed by atoms with E-state index in [2.05, 4.69) is 42.2 Å². The summed E-state index contributed by atoms with van der Waals surface area (Å²) in [5.74, 6) is -7.60. The van der Waals surface area contributed by atoms with Crippen molar-refractivity contribution in [1.29, 1.82) is 0 Å². The maximum absolute atomic E-state index is 14.1. The highest BCUT2D eigenvalue weighted by molar-refractivity contribution is 8.00. The summed E-state index contributed by atoms with van der Waals surface area (Å²) in [6.07, 6.45) is 3.94. The van der Waals surface area contributed by atoms with Crippen molar-refractivity contribution in [1.82, 2.24) is 47.0 Å². The molecule has 0 radical (unpaired) electrons. The Balaban J connectivity index is 1.06. The fraction of sp³-hybridized carbons (Fsp3) is 0.660. The van der Waals surface area contributed by atoms with Crippen molar-refractivity contribution in [3.05, 3.63) is 35.9 Å². The van der Waals surface area contributed by atoms with E-state index in [0.717, 1.165) is 11.8 Å². The number of nitrogens with zero attached hydrogens (tertiary/aromatic N) is 3. The number of benzene rings is 1. The van der Waals surface area contributed by atoms with E-state index in [4.69, 9.17) is 26.6 Å². The zero-order chi connectivity index (χ0) is 61.3. The van der Waals surface area contributed by atoms with Crippen molar-refractivity contribution in [3.8, 4) is 0 Å². The van der Waals surface area contributed by atoms with Crippen LogP contribution >= 0.6 is 20.0 Å². The number of carbonyl (C=O) groups excluding carboxylic acids is 10. The molecule has 3 aliphatic heterocycles. The molecule has 464 valence electrons. The number of hydrogen-bond donors (Lipinski definition) is 13. The van der Waals surface area contributed by atoms with Gasteiger partial charge in [0.25, 0.3) is 0 Å². The largest absolute Gasteiger partial charge is 0.695 e. The SMILES string of the molecule is NC(N)=NCCC[C@@H]1NC(=O)[C@H](CCCCNC(=O)[C@@H](N)CSC2CC(=O)N(CC3CCC(C(=O)NCCCCCC(=O)N4C[C@H](O[P+](=O)O)C[C@H]4CO)CC3)C2=O)NC(=O)[C@@H](Cc2ccccc2)NC(=O)[C@H](CC(=O)O)NC(=O)CNC1=O. The molecule has 16 N–H and O–H groups in total. The molecule has 5 rings (SSSR count). The van der Waals surface area contributed by atoms with Gasteiger partial charge in [-0.05, 0) is 82.1 Å².